The van der Waals surface area contributed by atoms with Crippen LogP contribution in [0.4, 0.5) is 32.8 Å². The molecule has 3 atom stereocenters. The van der Waals surface area contributed by atoms with Crippen LogP contribution in [0, 0.1) is 15.5 Å². The molecular formula is C51H59FN8O8S. The number of ether oxygens (including phenoxy) is 3. The molecule has 0 unspecified atom stereocenters. The summed E-state index contributed by atoms with van der Waals surface area (Å²) < 4.78 is 63.4. The van der Waals surface area contributed by atoms with Gasteiger partial charge in [0.25, 0.3) is 21.6 Å². The largest absolute Gasteiger partial charge is 0.468 e. The number of fused-ring (bicyclic) bond motifs is 3. The third kappa shape index (κ3) is 8.56. The lowest BCUT2D eigenvalue weighted by Crippen LogP contribution is -2.55. The molecule has 3 aromatic carbocycles. The molecule has 1 amide bonds. The molecule has 16 nitrogen and oxygen atoms in total. The van der Waals surface area contributed by atoms with Gasteiger partial charge in [0.05, 0.1) is 40.3 Å². The molecule has 2 aromatic heterocycles. The van der Waals surface area contributed by atoms with E-state index in [1.54, 1.807) is 12.3 Å². The molecule has 1 spiro atoms. The topological polar surface area (TPSA) is 184 Å². The first-order valence-corrected chi connectivity index (χ1v) is 25.9. The van der Waals surface area contributed by atoms with Crippen LogP contribution in [0.3, 0.4) is 0 Å². The summed E-state index contributed by atoms with van der Waals surface area (Å²) in [5.74, 6) is -0.0896. The van der Waals surface area contributed by atoms with E-state index in [9.17, 15) is 23.3 Å². The maximum absolute atomic E-state index is 15.4. The number of carbonyl (C=O) groups excluding carboxylic acids is 1. The number of nitrogens with zero attached hydrogens (tertiary/aromatic N) is 5. The lowest BCUT2D eigenvalue weighted by molar-refractivity contribution is -0.384. The molecule has 0 radical (unpaired) electrons. The van der Waals surface area contributed by atoms with Crippen LogP contribution < -0.4 is 24.6 Å². The minimum atomic E-state index is -4.67. The number of nitrogens with one attached hydrogen (secondary N) is 3. The highest BCUT2D eigenvalue weighted by Gasteiger charge is 2.50. The van der Waals surface area contributed by atoms with Gasteiger partial charge in [-0.25, -0.2) is 17.5 Å². The second-order valence-electron chi connectivity index (χ2n) is 20.3. The first kappa shape index (κ1) is 45.6. The SMILES string of the molecule is CC(C)c1ccccc1[C@@H]1CCCN1C1CC2(CCN(c3ccc(C(=O)NS(=O)(=O)c4ccc(NCC5(F)CCOCC5)c([N+](=O)[O-])c4)c(N4c5cc6cc[nH]c6nc5O[C@H]5COC[C@@H]54)c3)CC2)C1. The van der Waals surface area contributed by atoms with Gasteiger partial charge in [0.2, 0.25) is 5.88 Å². The molecule has 0 bridgehead atoms. The van der Waals surface area contributed by atoms with E-state index in [1.165, 1.54) is 48.9 Å². The fourth-order valence-corrected chi connectivity index (χ4v) is 12.9. The lowest BCUT2D eigenvalue weighted by atomic mass is 9.59. The fourth-order valence-electron chi connectivity index (χ4n) is 11.9. The molecule has 1 saturated carbocycles. The van der Waals surface area contributed by atoms with Crippen LogP contribution in [-0.4, -0.2) is 111 Å². The Kier molecular flexibility index (Phi) is 11.8. The standard InChI is InChI=1S/C51H59FN8O8S/c1-32(2)37-6-3-4-7-38(37)41-8-5-19-58(41)35-27-50(28-35)14-20-57(21-15-50)34-9-11-39(42(25-34)59-44-24-33-13-18-53-47(33)55-49(44)68-46-30-67-29-45(46)59)48(61)56-69(64,65)36-10-12-40(43(26-36)60(62)63)54-31-51(52)16-22-66-23-17-51/h3-4,6-7,9-13,18,24-26,32,35,41,45-46,54H,5,8,14-17,19-23,27-31H2,1-2H3,(H,53,55)(H,56,61)/t41-,45-,46-/m0/s1. The zero-order chi connectivity index (χ0) is 47.7. The second-order valence-corrected chi connectivity index (χ2v) is 22.0. The Labute approximate surface area is 401 Å². The maximum Gasteiger partial charge on any atom is 0.293 e. The Bertz CT molecular complexity index is 2890. The van der Waals surface area contributed by atoms with Crippen molar-refractivity contribution >= 4 is 55.4 Å². The summed E-state index contributed by atoms with van der Waals surface area (Å²) in [6.45, 7) is 8.20. The molecule has 1 aliphatic carbocycles. The number of nitro groups is 1. The van der Waals surface area contributed by atoms with Gasteiger partial charge in [-0.15, -0.1) is 0 Å². The average Bonchev–Trinajstić information content (AvgIpc) is 4.13. The first-order chi connectivity index (χ1) is 33.3. The van der Waals surface area contributed by atoms with Gasteiger partial charge in [0.1, 0.15) is 28.8 Å². The third-order valence-corrected chi connectivity index (χ3v) is 17.1. The number of amides is 1. The number of hydrogen-bond acceptors (Lipinski definition) is 13. The summed E-state index contributed by atoms with van der Waals surface area (Å²) in [5.41, 5.74) is 3.63. The molecule has 7 heterocycles. The Balaban J connectivity index is 0.866. The number of anilines is 4. The second kappa shape index (κ2) is 17.9. The van der Waals surface area contributed by atoms with Crippen LogP contribution in [0.1, 0.15) is 98.7 Å². The van der Waals surface area contributed by atoms with Gasteiger partial charge in [-0.3, -0.25) is 19.8 Å². The van der Waals surface area contributed by atoms with Crippen molar-refractivity contribution in [2.75, 3.05) is 67.7 Å². The van der Waals surface area contributed by atoms with Gasteiger partial charge in [-0.2, -0.15) is 4.98 Å². The number of aromatic amines is 1. The number of H-pyrrole nitrogens is 1. The highest BCUT2D eigenvalue weighted by atomic mass is 32.2. The number of pyridine rings is 1. The quantitative estimate of drug-likeness (QED) is 0.0800. The molecular weight excluding hydrogens is 904 g/mol. The Morgan fingerprint density at radius 2 is 1.77 bits per heavy atom. The first-order valence-electron chi connectivity index (χ1n) is 24.4. The van der Waals surface area contributed by atoms with Gasteiger partial charge < -0.3 is 34.3 Å². The number of carbonyl (C=O) groups is 1. The van der Waals surface area contributed by atoms with E-state index in [0.29, 0.717) is 47.5 Å². The van der Waals surface area contributed by atoms with E-state index in [0.717, 1.165) is 49.6 Å². The molecule has 3 N–H and O–H groups in total. The minimum Gasteiger partial charge on any atom is -0.468 e. The molecule has 5 aromatic rings. The molecule has 18 heteroatoms. The van der Waals surface area contributed by atoms with Gasteiger partial charge in [0, 0.05) is 81.1 Å². The van der Waals surface area contributed by atoms with E-state index in [-0.39, 0.29) is 61.9 Å². The van der Waals surface area contributed by atoms with Crippen LogP contribution in [0.15, 0.2) is 83.9 Å². The van der Waals surface area contributed by atoms with Crippen molar-refractivity contribution in [3.05, 3.63) is 106 Å². The fraction of sp³-hybridized carbons (Fsp3) is 0.490. The van der Waals surface area contributed by atoms with Crippen molar-refractivity contribution in [2.45, 2.75) is 106 Å². The summed E-state index contributed by atoms with van der Waals surface area (Å²) >= 11 is 0. The van der Waals surface area contributed by atoms with Crippen LogP contribution in [0.5, 0.6) is 5.88 Å². The van der Waals surface area contributed by atoms with Gasteiger partial charge >= 0.3 is 0 Å². The summed E-state index contributed by atoms with van der Waals surface area (Å²) in [6.07, 6.45) is 8.49. The number of alkyl halides is 1. The van der Waals surface area contributed by atoms with E-state index in [1.807, 2.05) is 29.2 Å². The van der Waals surface area contributed by atoms with Crippen molar-refractivity contribution in [3.63, 3.8) is 0 Å². The Morgan fingerprint density at radius 3 is 2.55 bits per heavy atom. The maximum atomic E-state index is 15.4. The Morgan fingerprint density at radius 1 is 0.971 bits per heavy atom. The summed E-state index contributed by atoms with van der Waals surface area (Å²) in [6, 6.07) is 22.2. The molecule has 5 fully saturated rings. The Hall–Kier alpha value is -5.82. The normalized spacial score (nSPS) is 23.4. The monoisotopic (exact) mass is 962 g/mol. The number of halogens is 1. The van der Waals surface area contributed by atoms with Gasteiger partial charge in [0.15, 0.2) is 0 Å². The zero-order valence-corrected chi connectivity index (χ0v) is 39.8. The molecule has 11 rings (SSSR count). The average molecular weight is 963 g/mol. The summed E-state index contributed by atoms with van der Waals surface area (Å²) in [5, 5.41) is 15.9. The van der Waals surface area contributed by atoms with E-state index >= 15 is 4.39 Å². The number of nitro benzene ring substituents is 1. The minimum absolute atomic E-state index is 0.0413. The van der Waals surface area contributed by atoms with Gasteiger partial charge in [-0.1, -0.05) is 38.1 Å². The van der Waals surface area contributed by atoms with Crippen LogP contribution in [-0.2, 0) is 19.5 Å². The van der Waals surface area contributed by atoms with E-state index in [4.69, 9.17) is 19.2 Å². The number of likely N-dealkylation sites (tertiary alicyclic amines) is 1. The number of hydrogen-bond donors (Lipinski definition) is 3. The van der Waals surface area contributed by atoms with E-state index < -0.39 is 43.2 Å². The highest BCUT2D eigenvalue weighted by Crippen LogP contribution is 2.55. The smallest absolute Gasteiger partial charge is 0.293 e. The van der Waals surface area contributed by atoms with Crippen molar-refractivity contribution in [2.24, 2.45) is 5.41 Å². The predicted molar refractivity (Wildman–Crippen MR) is 260 cm³/mol. The summed E-state index contributed by atoms with van der Waals surface area (Å²) in [7, 11) is -4.67. The number of sulfonamides is 1. The van der Waals surface area contributed by atoms with Crippen molar-refractivity contribution < 1.29 is 36.7 Å². The number of aromatic nitrogens is 2. The molecule has 4 saturated heterocycles. The number of rotatable bonds is 12. The predicted octanol–water partition coefficient (Wildman–Crippen LogP) is 8.53. The molecule has 69 heavy (non-hydrogen) atoms. The molecule has 364 valence electrons. The molecule has 6 aliphatic rings. The van der Waals surface area contributed by atoms with Gasteiger partial charge in [-0.05, 0) is 110 Å². The summed E-state index contributed by atoms with van der Waals surface area (Å²) in [4.78, 5) is 40.7. The van der Waals surface area contributed by atoms with Crippen molar-refractivity contribution in [1.82, 2.24) is 19.6 Å². The molecule has 5 aliphatic heterocycles. The number of piperidine rings is 1. The van der Waals surface area contributed by atoms with Crippen LogP contribution in [0.2, 0.25) is 0 Å². The number of benzene rings is 3. The lowest BCUT2D eigenvalue weighted by Gasteiger charge is -2.56. The highest BCUT2D eigenvalue weighted by molar-refractivity contribution is 7.90. The van der Waals surface area contributed by atoms with Crippen LogP contribution >= 0.6 is 0 Å². The third-order valence-electron chi connectivity index (χ3n) is 15.8. The zero-order valence-electron chi connectivity index (χ0n) is 39.0. The van der Waals surface area contributed by atoms with Crippen molar-refractivity contribution in [3.8, 4) is 5.88 Å². The van der Waals surface area contributed by atoms with Crippen LogP contribution in [0.25, 0.3) is 11.0 Å². The van der Waals surface area contributed by atoms with Crippen molar-refractivity contribution in [1.29, 1.82) is 0 Å². The van der Waals surface area contributed by atoms with E-state index in [2.05, 4.69) is 62.9 Å².